The van der Waals surface area contributed by atoms with Gasteiger partial charge in [0.05, 0.1) is 5.02 Å². The summed E-state index contributed by atoms with van der Waals surface area (Å²) in [6.07, 6.45) is 4.55. The van der Waals surface area contributed by atoms with E-state index in [0.717, 1.165) is 25.9 Å². The zero-order valence-corrected chi connectivity index (χ0v) is 11.4. The summed E-state index contributed by atoms with van der Waals surface area (Å²) in [6.45, 7) is 1.81. The molecule has 0 aromatic heterocycles. The van der Waals surface area contributed by atoms with E-state index in [1.54, 1.807) is 12.1 Å². The summed E-state index contributed by atoms with van der Waals surface area (Å²) in [6, 6.07) is 3.39. The van der Waals surface area contributed by atoms with Gasteiger partial charge in [0, 0.05) is 18.7 Å². The Morgan fingerprint density at radius 1 is 1.11 bits per heavy atom. The number of hydrogen-bond acceptors (Lipinski definition) is 3. The smallest absolute Gasteiger partial charge is 0.254 e. The molecule has 0 aliphatic carbocycles. The molecule has 19 heavy (non-hydrogen) atoms. The highest BCUT2D eigenvalue weighted by molar-refractivity contribution is 6.32. The molecule has 0 unspecified atom stereocenters. The lowest BCUT2D eigenvalue weighted by Crippen LogP contribution is -2.31. The van der Waals surface area contributed by atoms with Crippen LogP contribution >= 0.6 is 11.6 Å². The molecule has 0 spiro atoms. The van der Waals surface area contributed by atoms with Crippen LogP contribution in [0.5, 0.6) is 11.5 Å². The Morgan fingerprint density at radius 2 is 1.84 bits per heavy atom. The summed E-state index contributed by atoms with van der Waals surface area (Å²) in [5.41, 5.74) is 0.580. The molecule has 2 heterocycles. The molecule has 0 saturated carbocycles. The molecular formula is C14H16ClNO3. The maximum absolute atomic E-state index is 12.5. The number of carbonyl (C=O) groups is 1. The number of nitrogens with zero attached hydrogens (tertiary/aromatic N) is 1. The number of rotatable bonds is 1. The number of hydrogen-bond donors (Lipinski definition) is 0. The molecule has 2 aliphatic heterocycles. The first kappa shape index (κ1) is 12.6. The Morgan fingerprint density at radius 3 is 2.58 bits per heavy atom. The van der Waals surface area contributed by atoms with Gasteiger partial charge in [-0.1, -0.05) is 24.4 Å². The highest BCUT2D eigenvalue weighted by Gasteiger charge is 2.23. The number of benzene rings is 1. The molecule has 1 aromatic rings. The Kier molecular flexibility index (Phi) is 3.51. The molecule has 5 heteroatoms. The van der Waals surface area contributed by atoms with Crippen LogP contribution in [0.15, 0.2) is 12.1 Å². The third kappa shape index (κ3) is 2.50. The van der Waals surface area contributed by atoms with Gasteiger partial charge in [0.25, 0.3) is 5.91 Å². The van der Waals surface area contributed by atoms with Gasteiger partial charge in [0.15, 0.2) is 11.5 Å². The maximum atomic E-state index is 12.5. The summed E-state index contributed by atoms with van der Waals surface area (Å²) in [5.74, 6) is 1.13. The summed E-state index contributed by atoms with van der Waals surface area (Å²) in [5, 5.41) is 0.438. The van der Waals surface area contributed by atoms with E-state index >= 15 is 0 Å². The highest BCUT2D eigenvalue weighted by atomic mass is 35.5. The minimum atomic E-state index is 0.0297. The Bertz CT molecular complexity index is 496. The summed E-state index contributed by atoms with van der Waals surface area (Å²) >= 11 is 6.11. The van der Waals surface area contributed by atoms with E-state index in [4.69, 9.17) is 21.1 Å². The van der Waals surface area contributed by atoms with Crippen LogP contribution in [-0.2, 0) is 0 Å². The van der Waals surface area contributed by atoms with Gasteiger partial charge in [-0.3, -0.25) is 4.79 Å². The predicted molar refractivity (Wildman–Crippen MR) is 71.9 cm³/mol. The van der Waals surface area contributed by atoms with Crippen LogP contribution in [0.4, 0.5) is 0 Å². The SMILES string of the molecule is O=C(c1cc(Cl)c2c(c1)OCO2)N1CCCCCC1. The van der Waals surface area contributed by atoms with Crippen LogP contribution in [-0.4, -0.2) is 30.7 Å². The van der Waals surface area contributed by atoms with Crippen LogP contribution < -0.4 is 9.47 Å². The molecule has 1 fully saturated rings. The van der Waals surface area contributed by atoms with E-state index < -0.39 is 0 Å². The third-order valence-electron chi connectivity index (χ3n) is 3.57. The minimum absolute atomic E-state index is 0.0297. The fraction of sp³-hybridized carbons (Fsp3) is 0.500. The van der Waals surface area contributed by atoms with Crippen molar-refractivity contribution in [2.24, 2.45) is 0 Å². The minimum Gasteiger partial charge on any atom is -0.454 e. The van der Waals surface area contributed by atoms with Gasteiger partial charge in [0.2, 0.25) is 6.79 Å². The quantitative estimate of drug-likeness (QED) is 0.794. The standard InChI is InChI=1S/C14H16ClNO3/c15-11-7-10(8-12-13(11)19-9-18-12)14(17)16-5-3-1-2-4-6-16/h7-8H,1-6,9H2. The fourth-order valence-electron chi connectivity index (χ4n) is 2.55. The van der Waals surface area contributed by atoms with Crippen LogP contribution in [0.1, 0.15) is 36.0 Å². The first-order valence-electron chi connectivity index (χ1n) is 6.64. The molecule has 0 atom stereocenters. The monoisotopic (exact) mass is 281 g/mol. The molecule has 1 aromatic carbocycles. The molecule has 0 radical (unpaired) electrons. The van der Waals surface area contributed by atoms with Gasteiger partial charge < -0.3 is 14.4 Å². The largest absolute Gasteiger partial charge is 0.454 e. The van der Waals surface area contributed by atoms with Crippen LogP contribution in [0.2, 0.25) is 5.02 Å². The van der Waals surface area contributed by atoms with Crippen molar-refractivity contribution in [1.29, 1.82) is 0 Å². The van der Waals surface area contributed by atoms with Gasteiger partial charge in [0.1, 0.15) is 0 Å². The lowest BCUT2D eigenvalue weighted by molar-refractivity contribution is 0.0761. The molecular weight excluding hydrogens is 266 g/mol. The lowest BCUT2D eigenvalue weighted by Gasteiger charge is -2.20. The zero-order chi connectivity index (χ0) is 13.2. The second-order valence-electron chi connectivity index (χ2n) is 4.90. The summed E-state index contributed by atoms with van der Waals surface area (Å²) in [4.78, 5) is 14.4. The van der Waals surface area contributed by atoms with Crippen LogP contribution in [0, 0.1) is 0 Å². The van der Waals surface area contributed by atoms with Gasteiger partial charge in [-0.15, -0.1) is 0 Å². The Balaban J connectivity index is 1.85. The van der Waals surface area contributed by atoms with E-state index in [9.17, 15) is 4.79 Å². The average molecular weight is 282 g/mol. The van der Waals surface area contributed by atoms with E-state index in [-0.39, 0.29) is 12.7 Å². The fourth-order valence-corrected chi connectivity index (χ4v) is 2.81. The van der Waals surface area contributed by atoms with Crippen molar-refractivity contribution in [3.63, 3.8) is 0 Å². The number of carbonyl (C=O) groups excluding carboxylic acids is 1. The van der Waals surface area contributed by atoms with Gasteiger partial charge in [-0.25, -0.2) is 0 Å². The maximum Gasteiger partial charge on any atom is 0.254 e. The second kappa shape index (κ2) is 5.29. The number of halogens is 1. The van der Waals surface area contributed by atoms with Crippen molar-refractivity contribution >= 4 is 17.5 Å². The molecule has 1 saturated heterocycles. The van der Waals surface area contributed by atoms with Crippen molar-refractivity contribution in [1.82, 2.24) is 4.90 Å². The van der Waals surface area contributed by atoms with Gasteiger partial charge >= 0.3 is 0 Å². The normalized spacial score (nSPS) is 18.3. The zero-order valence-electron chi connectivity index (χ0n) is 10.7. The van der Waals surface area contributed by atoms with Gasteiger partial charge in [-0.05, 0) is 25.0 Å². The first-order chi connectivity index (χ1) is 9.25. The molecule has 4 nitrogen and oxygen atoms in total. The number of ether oxygens (including phenoxy) is 2. The Labute approximate surface area is 117 Å². The number of likely N-dealkylation sites (tertiary alicyclic amines) is 1. The number of amides is 1. The molecule has 0 N–H and O–H groups in total. The molecule has 102 valence electrons. The Hall–Kier alpha value is -1.42. The molecule has 3 rings (SSSR count). The van der Waals surface area contributed by atoms with Crippen molar-refractivity contribution in [2.45, 2.75) is 25.7 Å². The molecule has 2 aliphatic rings. The highest BCUT2D eigenvalue weighted by Crippen LogP contribution is 2.40. The topological polar surface area (TPSA) is 38.8 Å². The van der Waals surface area contributed by atoms with Crippen molar-refractivity contribution in [3.8, 4) is 11.5 Å². The third-order valence-corrected chi connectivity index (χ3v) is 3.85. The first-order valence-corrected chi connectivity index (χ1v) is 7.02. The van der Waals surface area contributed by atoms with E-state index in [1.807, 2.05) is 4.90 Å². The number of fused-ring (bicyclic) bond motifs is 1. The van der Waals surface area contributed by atoms with Crippen LogP contribution in [0.3, 0.4) is 0 Å². The van der Waals surface area contributed by atoms with E-state index in [2.05, 4.69) is 0 Å². The summed E-state index contributed by atoms with van der Waals surface area (Å²) < 4.78 is 10.6. The van der Waals surface area contributed by atoms with Crippen LogP contribution in [0.25, 0.3) is 0 Å². The van der Waals surface area contributed by atoms with E-state index in [0.29, 0.717) is 22.1 Å². The predicted octanol–water partition coefficient (Wildman–Crippen LogP) is 3.08. The average Bonchev–Trinajstić information content (AvgIpc) is 2.72. The van der Waals surface area contributed by atoms with E-state index in [1.165, 1.54) is 12.8 Å². The molecule has 0 bridgehead atoms. The van der Waals surface area contributed by atoms with Crippen molar-refractivity contribution < 1.29 is 14.3 Å². The van der Waals surface area contributed by atoms with Gasteiger partial charge in [-0.2, -0.15) is 0 Å². The lowest BCUT2D eigenvalue weighted by atomic mass is 10.1. The van der Waals surface area contributed by atoms with Crippen molar-refractivity contribution in [3.05, 3.63) is 22.7 Å². The summed E-state index contributed by atoms with van der Waals surface area (Å²) in [7, 11) is 0. The molecule has 1 amide bonds. The van der Waals surface area contributed by atoms with Crippen molar-refractivity contribution in [2.75, 3.05) is 19.9 Å². The second-order valence-corrected chi connectivity index (χ2v) is 5.31.